The fourth-order valence-electron chi connectivity index (χ4n) is 2.78. The molecule has 0 spiro atoms. The van der Waals surface area contributed by atoms with Gasteiger partial charge in [-0.25, -0.2) is 0 Å². The maximum atomic E-state index is 5.71. The van der Waals surface area contributed by atoms with Crippen LogP contribution in [0.1, 0.15) is 38.8 Å². The normalized spacial score (nSPS) is 19.5. The van der Waals surface area contributed by atoms with E-state index in [4.69, 9.17) is 9.47 Å². The maximum absolute atomic E-state index is 5.71. The van der Waals surface area contributed by atoms with Crippen molar-refractivity contribution in [1.29, 1.82) is 0 Å². The fraction of sp³-hybridized carbons (Fsp3) is 0.611. The zero-order valence-corrected chi connectivity index (χ0v) is 14.8. The molecular formula is C18H29N3O2. The summed E-state index contributed by atoms with van der Waals surface area (Å²) in [6.07, 6.45) is 1.04. The van der Waals surface area contributed by atoms with Crippen LogP contribution >= 0.6 is 0 Å². The minimum atomic E-state index is 0.0753. The highest BCUT2D eigenvalue weighted by Gasteiger charge is 2.25. The molecule has 5 nitrogen and oxygen atoms in total. The van der Waals surface area contributed by atoms with Crippen LogP contribution in [0.25, 0.3) is 0 Å². The van der Waals surface area contributed by atoms with Crippen molar-refractivity contribution in [1.82, 2.24) is 10.6 Å². The van der Waals surface area contributed by atoms with Crippen molar-refractivity contribution < 1.29 is 9.47 Å². The van der Waals surface area contributed by atoms with Gasteiger partial charge in [0.2, 0.25) is 0 Å². The van der Waals surface area contributed by atoms with Crippen molar-refractivity contribution in [2.24, 2.45) is 10.4 Å². The molecule has 1 aliphatic rings. The number of fused-ring (bicyclic) bond motifs is 1. The van der Waals surface area contributed by atoms with Gasteiger partial charge in [0.15, 0.2) is 5.96 Å². The number of methoxy groups -OCH3 is 1. The van der Waals surface area contributed by atoms with E-state index in [2.05, 4.69) is 42.5 Å². The Morgan fingerprint density at radius 1 is 1.39 bits per heavy atom. The van der Waals surface area contributed by atoms with Gasteiger partial charge in [-0.3, -0.25) is 4.99 Å². The Kier molecular flexibility index (Phi) is 5.88. The third-order valence-corrected chi connectivity index (χ3v) is 4.20. The first-order valence-corrected chi connectivity index (χ1v) is 8.17. The Bertz CT molecular complexity index is 537. The summed E-state index contributed by atoms with van der Waals surface area (Å²) in [6.45, 7) is 7.95. The second-order valence-corrected chi connectivity index (χ2v) is 6.92. The SMILES string of the molecule is CN=C(NCC(OC)C(C)(C)C)NC1CCOc2ccccc21. The minimum Gasteiger partial charge on any atom is -0.493 e. The van der Waals surface area contributed by atoms with E-state index in [-0.39, 0.29) is 17.6 Å². The van der Waals surface area contributed by atoms with Gasteiger partial charge >= 0.3 is 0 Å². The average Bonchev–Trinajstić information content (AvgIpc) is 2.53. The van der Waals surface area contributed by atoms with Crippen LogP contribution in [0.2, 0.25) is 0 Å². The van der Waals surface area contributed by atoms with Gasteiger partial charge in [0.05, 0.1) is 18.8 Å². The lowest BCUT2D eigenvalue weighted by Gasteiger charge is -2.31. The van der Waals surface area contributed by atoms with E-state index in [0.717, 1.165) is 18.1 Å². The summed E-state index contributed by atoms with van der Waals surface area (Å²) >= 11 is 0. The van der Waals surface area contributed by atoms with Crippen LogP contribution in [0.5, 0.6) is 5.75 Å². The largest absolute Gasteiger partial charge is 0.493 e. The first-order valence-electron chi connectivity index (χ1n) is 8.17. The molecule has 1 aromatic rings. The van der Waals surface area contributed by atoms with Gasteiger partial charge in [-0.15, -0.1) is 0 Å². The average molecular weight is 319 g/mol. The molecule has 2 atom stereocenters. The van der Waals surface area contributed by atoms with Gasteiger partial charge in [0, 0.05) is 32.7 Å². The van der Waals surface area contributed by atoms with E-state index < -0.39 is 0 Å². The quantitative estimate of drug-likeness (QED) is 0.662. The molecule has 128 valence electrons. The molecule has 5 heteroatoms. The molecule has 1 heterocycles. The van der Waals surface area contributed by atoms with Crippen molar-refractivity contribution in [3.8, 4) is 5.75 Å². The zero-order chi connectivity index (χ0) is 16.9. The number of ether oxygens (including phenoxy) is 2. The second-order valence-electron chi connectivity index (χ2n) is 6.92. The summed E-state index contributed by atoms with van der Waals surface area (Å²) in [5.41, 5.74) is 1.26. The molecule has 0 bridgehead atoms. The van der Waals surface area contributed by atoms with Crippen LogP contribution in [0.4, 0.5) is 0 Å². The van der Waals surface area contributed by atoms with Gasteiger partial charge in [-0.2, -0.15) is 0 Å². The molecule has 0 aliphatic carbocycles. The highest BCUT2D eigenvalue weighted by atomic mass is 16.5. The number of hydrogen-bond donors (Lipinski definition) is 2. The second kappa shape index (κ2) is 7.68. The molecular weight excluding hydrogens is 290 g/mol. The third-order valence-electron chi connectivity index (χ3n) is 4.20. The van der Waals surface area contributed by atoms with Crippen LogP contribution in [0, 0.1) is 5.41 Å². The first-order chi connectivity index (χ1) is 11.0. The molecule has 2 rings (SSSR count). The number of rotatable bonds is 4. The monoisotopic (exact) mass is 319 g/mol. The van der Waals surface area contributed by atoms with E-state index in [1.54, 1.807) is 14.2 Å². The van der Waals surface area contributed by atoms with Crippen LogP contribution in [0.3, 0.4) is 0 Å². The molecule has 0 amide bonds. The van der Waals surface area contributed by atoms with Gasteiger partial charge in [-0.05, 0) is 11.5 Å². The molecule has 0 saturated heterocycles. The Morgan fingerprint density at radius 3 is 2.78 bits per heavy atom. The lowest BCUT2D eigenvalue weighted by Crippen LogP contribution is -2.46. The van der Waals surface area contributed by atoms with Gasteiger partial charge in [0.1, 0.15) is 5.75 Å². The number of nitrogens with one attached hydrogen (secondary N) is 2. The molecule has 0 radical (unpaired) electrons. The van der Waals surface area contributed by atoms with E-state index in [1.165, 1.54) is 5.56 Å². The lowest BCUT2D eigenvalue weighted by atomic mass is 9.89. The van der Waals surface area contributed by atoms with Crippen LogP contribution < -0.4 is 15.4 Å². The molecule has 1 aromatic carbocycles. The number of aliphatic imine (C=N–C) groups is 1. The summed E-state index contributed by atoms with van der Waals surface area (Å²) in [7, 11) is 3.54. The molecule has 0 fully saturated rings. The summed E-state index contributed by atoms with van der Waals surface area (Å²) in [5.74, 6) is 1.74. The van der Waals surface area contributed by atoms with E-state index in [1.807, 2.05) is 18.2 Å². The zero-order valence-electron chi connectivity index (χ0n) is 14.8. The molecule has 2 unspecified atom stereocenters. The maximum Gasteiger partial charge on any atom is 0.191 e. The topological polar surface area (TPSA) is 54.9 Å². The molecule has 2 N–H and O–H groups in total. The number of guanidine groups is 1. The van der Waals surface area contributed by atoms with Crippen molar-refractivity contribution in [2.45, 2.75) is 39.3 Å². The van der Waals surface area contributed by atoms with Gasteiger partial charge in [-0.1, -0.05) is 39.0 Å². The third kappa shape index (κ3) is 4.61. The van der Waals surface area contributed by atoms with Gasteiger partial charge in [0.25, 0.3) is 0 Å². The number of benzene rings is 1. The molecule has 23 heavy (non-hydrogen) atoms. The van der Waals surface area contributed by atoms with Crippen LogP contribution in [-0.4, -0.2) is 39.4 Å². The summed E-state index contributed by atoms with van der Waals surface area (Å²) in [6, 6.07) is 8.37. The summed E-state index contributed by atoms with van der Waals surface area (Å²) < 4.78 is 11.3. The highest BCUT2D eigenvalue weighted by molar-refractivity contribution is 5.80. The molecule has 0 saturated carbocycles. The van der Waals surface area contributed by atoms with Crippen molar-refractivity contribution in [3.63, 3.8) is 0 Å². The minimum absolute atomic E-state index is 0.0753. The number of hydrogen-bond acceptors (Lipinski definition) is 3. The summed E-state index contributed by atoms with van der Waals surface area (Å²) in [5, 5.41) is 6.87. The number of nitrogens with zero attached hydrogens (tertiary/aromatic N) is 1. The Hall–Kier alpha value is -1.75. The van der Waals surface area contributed by atoms with Crippen molar-refractivity contribution in [3.05, 3.63) is 29.8 Å². The van der Waals surface area contributed by atoms with Gasteiger partial charge < -0.3 is 20.1 Å². The van der Waals surface area contributed by atoms with E-state index in [0.29, 0.717) is 13.2 Å². The standard InChI is InChI=1S/C18H29N3O2/c1-18(2,3)16(22-5)12-20-17(19-4)21-14-10-11-23-15-9-7-6-8-13(14)15/h6-9,14,16H,10-12H2,1-5H3,(H2,19,20,21). The fourth-order valence-corrected chi connectivity index (χ4v) is 2.78. The van der Waals surface area contributed by atoms with E-state index >= 15 is 0 Å². The van der Waals surface area contributed by atoms with E-state index in [9.17, 15) is 0 Å². The highest BCUT2D eigenvalue weighted by Crippen LogP contribution is 2.31. The Morgan fingerprint density at radius 2 is 2.13 bits per heavy atom. The van der Waals surface area contributed by atoms with Crippen LogP contribution in [-0.2, 0) is 4.74 Å². The smallest absolute Gasteiger partial charge is 0.191 e. The molecule has 0 aromatic heterocycles. The Balaban J connectivity index is 1.99. The van der Waals surface area contributed by atoms with Crippen LogP contribution in [0.15, 0.2) is 29.3 Å². The summed E-state index contributed by atoms with van der Waals surface area (Å²) in [4.78, 5) is 4.34. The van der Waals surface area contributed by atoms with Crippen molar-refractivity contribution in [2.75, 3.05) is 27.3 Å². The lowest BCUT2D eigenvalue weighted by molar-refractivity contribution is 0.0205. The predicted molar refractivity (Wildman–Crippen MR) is 94.0 cm³/mol. The van der Waals surface area contributed by atoms with Crippen molar-refractivity contribution >= 4 is 5.96 Å². The number of para-hydroxylation sites is 1. The first kappa shape index (κ1) is 17.6. The predicted octanol–water partition coefficient (Wildman–Crippen LogP) is 2.74. The Labute approximate surface area is 139 Å². The molecule has 1 aliphatic heterocycles.